The fourth-order valence-corrected chi connectivity index (χ4v) is 0.589. The molecule has 3 nitrogen and oxygen atoms in total. The van der Waals surface area contributed by atoms with Crippen LogP contribution in [0.1, 0.15) is 0 Å². The monoisotopic (exact) mass is 140 g/mol. The predicted octanol–water partition coefficient (Wildman–Crippen LogP) is 1.46. The molecule has 0 aliphatic carbocycles. The van der Waals surface area contributed by atoms with Crippen molar-refractivity contribution in [3.8, 4) is 0 Å². The molecule has 3 heteroatoms. The van der Waals surface area contributed by atoms with E-state index in [0.717, 1.165) is 0 Å². The summed E-state index contributed by atoms with van der Waals surface area (Å²) in [5, 5.41) is 8.68. The summed E-state index contributed by atoms with van der Waals surface area (Å²) in [5.74, 6) is 0.796. The van der Waals surface area contributed by atoms with E-state index in [1.165, 1.54) is 6.08 Å². The Balaban J connectivity index is 2.72. The Morgan fingerprint density at radius 2 is 2.30 bits per heavy atom. The van der Waals surface area contributed by atoms with Crippen LogP contribution in [0.25, 0.3) is 0 Å². The SMILES string of the molecule is C=C(O)/C=C1/OCOC1=C. The van der Waals surface area contributed by atoms with Gasteiger partial charge in [-0.25, -0.2) is 0 Å². The third-order valence-corrected chi connectivity index (χ3v) is 1.02. The fourth-order valence-electron chi connectivity index (χ4n) is 0.589. The van der Waals surface area contributed by atoms with Crippen LogP contribution in [-0.2, 0) is 9.47 Å². The van der Waals surface area contributed by atoms with Crippen molar-refractivity contribution in [2.75, 3.05) is 6.79 Å². The molecule has 54 valence electrons. The molecule has 0 bridgehead atoms. The maximum Gasteiger partial charge on any atom is 0.231 e. The predicted molar refractivity (Wildman–Crippen MR) is 36.0 cm³/mol. The molecule has 1 saturated heterocycles. The third kappa shape index (κ3) is 1.31. The van der Waals surface area contributed by atoms with E-state index in [1.54, 1.807) is 0 Å². The van der Waals surface area contributed by atoms with Gasteiger partial charge in [0.2, 0.25) is 6.79 Å². The first-order valence-corrected chi connectivity index (χ1v) is 2.74. The van der Waals surface area contributed by atoms with Crippen LogP contribution in [0.5, 0.6) is 0 Å². The van der Waals surface area contributed by atoms with E-state index in [4.69, 9.17) is 14.6 Å². The van der Waals surface area contributed by atoms with Gasteiger partial charge in [-0.2, -0.15) is 0 Å². The average molecular weight is 140 g/mol. The summed E-state index contributed by atoms with van der Waals surface area (Å²) in [7, 11) is 0. The Hall–Kier alpha value is -1.38. The molecule has 1 fully saturated rings. The van der Waals surface area contributed by atoms with Gasteiger partial charge in [0.1, 0.15) is 5.76 Å². The highest BCUT2D eigenvalue weighted by Crippen LogP contribution is 2.19. The third-order valence-electron chi connectivity index (χ3n) is 1.02. The first-order valence-electron chi connectivity index (χ1n) is 2.74. The normalized spacial score (nSPS) is 20.4. The van der Waals surface area contributed by atoms with Gasteiger partial charge >= 0.3 is 0 Å². The molecule has 0 aromatic carbocycles. The molecule has 1 aliphatic rings. The van der Waals surface area contributed by atoms with Crippen molar-refractivity contribution < 1.29 is 14.6 Å². The van der Waals surface area contributed by atoms with Crippen LogP contribution in [0.4, 0.5) is 0 Å². The smallest absolute Gasteiger partial charge is 0.231 e. The van der Waals surface area contributed by atoms with E-state index in [-0.39, 0.29) is 12.6 Å². The summed E-state index contributed by atoms with van der Waals surface area (Å²) in [6, 6.07) is 0. The minimum absolute atomic E-state index is 0.0679. The standard InChI is InChI=1S/C7H8O3/c1-5(8)3-7-6(2)9-4-10-7/h3,8H,1-2,4H2/b7-3+. The zero-order chi connectivity index (χ0) is 7.56. The highest BCUT2D eigenvalue weighted by Gasteiger charge is 2.13. The molecule has 0 unspecified atom stereocenters. The van der Waals surface area contributed by atoms with Gasteiger partial charge < -0.3 is 14.6 Å². The average Bonchev–Trinajstić information content (AvgIpc) is 2.15. The summed E-state index contributed by atoms with van der Waals surface area (Å²) in [6.07, 6.45) is 1.36. The maximum absolute atomic E-state index is 8.68. The lowest BCUT2D eigenvalue weighted by atomic mass is 10.4. The Bertz CT molecular complexity index is 203. The second kappa shape index (κ2) is 2.47. The Morgan fingerprint density at radius 1 is 1.60 bits per heavy atom. The van der Waals surface area contributed by atoms with Gasteiger partial charge in [-0.3, -0.25) is 0 Å². The topological polar surface area (TPSA) is 38.7 Å². The first-order chi connectivity index (χ1) is 4.70. The molecule has 0 radical (unpaired) electrons. The van der Waals surface area contributed by atoms with Gasteiger partial charge in [0, 0.05) is 6.08 Å². The van der Waals surface area contributed by atoms with E-state index < -0.39 is 0 Å². The molecule has 1 N–H and O–H groups in total. The van der Waals surface area contributed by atoms with Crippen LogP contribution in [0.15, 0.2) is 36.5 Å². The summed E-state index contributed by atoms with van der Waals surface area (Å²) >= 11 is 0. The molecule has 0 aromatic heterocycles. The van der Waals surface area contributed by atoms with Gasteiger partial charge in [-0.15, -0.1) is 0 Å². The van der Waals surface area contributed by atoms with Crippen molar-refractivity contribution in [3.05, 3.63) is 36.5 Å². The molecule has 1 aliphatic heterocycles. The van der Waals surface area contributed by atoms with Crippen molar-refractivity contribution in [1.82, 2.24) is 0 Å². The van der Waals surface area contributed by atoms with E-state index in [1.807, 2.05) is 0 Å². The minimum Gasteiger partial charge on any atom is -0.508 e. The summed E-state index contributed by atoms with van der Waals surface area (Å²) in [6.45, 7) is 6.94. The largest absolute Gasteiger partial charge is 0.508 e. The van der Waals surface area contributed by atoms with Crippen molar-refractivity contribution in [2.24, 2.45) is 0 Å². The van der Waals surface area contributed by atoms with Crippen LogP contribution in [0.2, 0.25) is 0 Å². The number of ether oxygens (including phenoxy) is 2. The molecule has 0 saturated carbocycles. The van der Waals surface area contributed by atoms with Crippen LogP contribution in [-0.4, -0.2) is 11.9 Å². The van der Waals surface area contributed by atoms with E-state index in [2.05, 4.69) is 13.2 Å². The van der Waals surface area contributed by atoms with Gasteiger partial charge in [0.05, 0.1) is 0 Å². The number of allylic oxidation sites excluding steroid dienone is 1. The molecule has 1 rings (SSSR count). The van der Waals surface area contributed by atoms with Gasteiger partial charge in [0.15, 0.2) is 11.5 Å². The van der Waals surface area contributed by atoms with Crippen molar-refractivity contribution >= 4 is 0 Å². The Morgan fingerprint density at radius 3 is 2.70 bits per heavy atom. The zero-order valence-electron chi connectivity index (χ0n) is 5.46. The zero-order valence-corrected chi connectivity index (χ0v) is 5.46. The highest BCUT2D eigenvalue weighted by molar-refractivity contribution is 5.25. The van der Waals surface area contributed by atoms with Crippen molar-refractivity contribution in [3.63, 3.8) is 0 Å². The highest BCUT2D eigenvalue weighted by atomic mass is 16.7. The van der Waals surface area contributed by atoms with Crippen LogP contribution in [0.3, 0.4) is 0 Å². The van der Waals surface area contributed by atoms with E-state index in [0.29, 0.717) is 11.5 Å². The second-order valence-corrected chi connectivity index (χ2v) is 1.83. The molecule has 0 amide bonds. The summed E-state index contributed by atoms with van der Waals surface area (Å²) < 4.78 is 9.72. The Labute approximate surface area is 58.9 Å². The fraction of sp³-hybridized carbons (Fsp3) is 0.143. The molecular weight excluding hydrogens is 132 g/mol. The lowest BCUT2D eigenvalue weighted by Gasteiger charge is -1.92. The Kier molecular flexibility index (Phi) is 1.67. The summed E-state index contributed by atoms with van der Waals surface area (Å²) in [4.78, 5) is 0. The van der Waals surface area contributed by atoms with Crippen molar-refractivity contribution in [2.45, 2.75) is 0 Å². The maximum atomic E-state index is 8.68. The number of rotatable bonds is 1. The number of aliphatic hydroxyl groups excluding tert-OH is 1. The lowest BCUT2D eigenvalue weighted by Crippen LogP contribution is -1.81. The minimum atomic E-state index is -0.0679. The van der Waals surface area contributed by atoms with Gasteiger partial charge in [0.25, 0.3) is 0 Å². The second-order valence-electron chi connectivity index (χ2n) is 1.83. The molecular formula is C7H8O3. The quantitative estimate of drug-likeness (QED) is 0.560. The van der Waals surface area contributed by atoms with Gasteiger partial charge in [-0.1, -0.05) is 13.2 Å². The van der Waals surface area contributed by atoms with E-state index in [9.17, 15) is 0 Å². The molecule has 0 spiro atoms. The molecule has 1 heterocycles. The van der Waals surface area contributed by atoms with Crippen molar-refractivity contribution in [1.29, 1.82) is 0 Å². The summed E-state index contributed by atoms with van der Waals surface area (Å²) in [5.41, 5.74) is 0. The molecule has 0 atom stereocenters. The molecule has 0 aromatic rings. The van der Waals surface area contributed by atoms with E-state index >= 15 is 0 Å². The number of hydrogen-bond acceptors (Lipinski definition) is 3. The number of aliphatic hydroxyl groups is 1. The lowest BCUT2D eigenvalue weighted by molar-refractivity contribution is 0.0978. The van der Waals surface area contributed by atoms with Crippen LogP contribution >= 0.6 is 0 Å². The van der Waals surface area contributed by atoms with Gasteiger partial charge in [-0.05, 0) is 0 Å². The number of hydrogen-bond donors (Lipinski definition) is 1. The molecule has 10 heavy (non-hydrogen) atoms. The van der Waals surface area contributed by atoms with Crippen LogP contribution in [0, 0.1) is 0 Å². The first kappa shape index (κ1) is 6.74. The van der Waals surface area contributed by atoms with Crippen LogP contribution < -0.4 is 0 Å².